The van der Waals surface area contributed by atoms with Gasteiger partial charge in [0.05, 0.1) is 18.7 Å². The van der Waals surface area contributed by atoms with Crippen LogP contribution in [0.4, 0.5) is 0 Å². The Labute approximate surface area is 134 Å². The highest BCUT2D eigenvalue weighted by Crippen LogP contribution is 2.37. The van der Waals surface area contributed by atoms with Crippen LogP contribution >= 0.6 is 11.6 Å². The molecule has 0 radical (unpaired) electrons. The molecular formula is C16H18ClNO4. The molecule has 0 N–H and O–H groups in total. The van der Waals surface area contributed by atoms with Gasteiger partial charge in [0.25, 0.3) is 0 Å². The number of carbonyl (C=O) groups is 1. The predicted molar refractivity (Wildman–Crippen MR) is 85.6 cm³/mol. The number of cyclic esters (lactones) is 1. The summed E-state index contributed by atoms with van der Waals surface area (Å²) in [4.78, 5) is 15.6. The second-order valence-electron chi connectivity index (χ2n) is 4.79. The lowest BCUT2D eigenvalue weighted by molar-refractivity contribution is -0.130. The van der Waals surface area contributed by atoms with Gasteiger partial charge >= 0.3 is 5.97 Å². The molecule has 0 bridgehead atoms. The number of halogens is 1. The number of rotatable bonds is 6. The Hall–Kier alpha value is -2.01. The fourth-order valence-corrected chi connectivity index (χ4v) is 2.23. The van der Waals surface area contributed by atoms with Crippen molar-refractivity contribution in [3.8, 4) is 11.5 Å². The van der Waals surface area contributed by atoms with Crippen molar-refractivity contribution in [1.82, 2.24) is 0 Å². The molecule has 1 aliphatic rings. The third-order valence-corrected chi connectivity index (χ3v) is 3.31. The van der Waals surface area contributed by atoms with Gasteiger partial charge in [-0.25, -0.2) is 9.79 Å². The van der Waals surface area contributed by atoms with Crippen molar-refractivity contribution in [3.63, 3.8) is 0 Å². The first-order chi connectivity index (χ1) is 10.5. The number of nitrogens with zero attached hydrogens (tertiary/aromatic N) is 1. The van der Waals surface area contributed by atoms with Crippen LogP contribution < -0.4 is 9.47 Å². The zero-order chi connectivity index (χ0) is 16.1. The molecule has 0 unspecified atom stereocenters. The van der Waals surface area contributed by atoms with Crippen molar-refractivity contribution in [2.75, 3.05) is 13.7 Å². The monoisotopic (exact) mass is 323 g/mol. The van der Waals surface area contributed by atoms with Gasteiger partial charge in [-0.3, -0.25) is 0 Å². The summed E-state index contributed by atoms with van der Waals surface area (Å²) in [5.74, 6) is 0.876. The highest BCUT2D eigenvalue weighted by molar-refractivity contribution is 6.32. The fraction of sp³-hybridized carbons (Fsp3) is 0.375. The molecule has 22 heavy (non-hydrogen) atoms. The minimum Gasteiger partial charge on any atom is -0.493 e. The molecule has 0 spiro atoms. The molecule has 0 atom stereocenters. The maximum atomic E-state index is 11.6. The molecule has 0 saturated carbocycles. The normalized spacial score (nSPS) is 15.7. The van der Waals surface area contributed by atoms with Crippen LogP contribution in [0.2, 0.25) is 5.02 Å². The van der Waals surface area contributed by atoms with Gasteiger partial charge in [0.1, 0.15) is 0 Å². The second kappa shape index (κ2) is 7.31. The minimum atomic E-state index is -0.476. The third-order valence-electron chi connectivity index (χ3n) is 3.03. The van der Waals surface area contributed by atoms with Crippen LogP contribution in [0.1, 0.15) is 32.3 Å². The number of carbonyl (C=O) groups excluding carboxylic acids is 1. The van der Waals surface area contributed by atoms with E-state index in [-0.39, 0.29) is 5.70 Å². The van der Waals surface area contributed by atoms with E-state index in [0.717, 1.165) is 12.8 Å². The molecule has 0 aliphatic carbocycles. The lowest BCUT2D eigenvalue weighted by Crippen LogP contribution is -2.01. The van der Waals surface area contributed by atoms with Crippen molar-refractivity contribution in [3.05, 3.63) is 28.4 Å². The van der Waals surface area contributed by atoms with Gasteiger partial charge in [0.15, 0.2) is 23.1 Å². The van der Waals surface area contributed by atoms with Crippen LogP contribution in [0.3, 0.4) is 0 Å². The second-order valence-corrected chi connectivity index (χ2v) is 5.19. The largest absolute Gasteiger partial charge is 0.493 e. The van der Waals surface area contributed by atoms with Gasteiger partial charge in [-0.15, -0.1) is 0 Å². The molecule has 5 nitrogen and oxygen atoms in total. The van der Waals surface area contributed by atoms with Gasteiger partial charge in [0.2, 0.25) is 0 Å². The quantitative estimate of drug-likeness (QED) is 0.453. The summed E-state index contributed by atoms with van der Waals surface area (Å²) in [6, 6.07) is 3.45. The lowest BCUT2D eigenvalue weighted by atomic mass is 10.1. The summed E-state index contributed by atoms with van der Waals surface area (Å²) in [5, 5.41) is 0.425. The zero-order valence-electron chi connectivity index (χ0n) is 12.8. The molecule has 0 saturated heterocycles. The van der Waals surface area contributed by atoms with Crippen molar-refractivity contribution >= 4 is 29.5 Å². The average Bonchev–Trinajstić information content (AvgIpc) is 2.78. The number of unbranched alkanes of at least 4 members (excludes halogenated alkanes) is 1. The molecule has 1 aromatic carbocycles. The number of aliphatic imine (C=N–C) groups is 1. The Kier molecular flexibility index (Phi) is 5.44. The number of esters is 1. The molecule has 1 aliphatic heterocycles. The third kappa shape index (κ3) is 3.80. The summed E-state index contributed by atoms with van der Waals surface area (Å²) < 4.78 is 15.9. The number of hydrogen-bond donors (Lipinski definition) is 0. The molecule has 1 aromatic rings. The molecule has 1 heterocycles. The smallest absolute Gasteiger partial charge is 0.363 e. The average molecular weight is 324 g/mol. The molecule has 0 fully saturated rings. The lowest BCUT2D eigenvalue weighted by Gasteiger charge is -2.13. The maximum absolute atomic E-state index is 11.6. The first kappa shape index (κ1) is 16.4. The zero-order valence-corrected chi connectivity index (χ0v) is 13.6. The van der Waals surface area contributed by atoms with Gasteiger partial charge in [-0.05, 0) is 30.2 Å². The molecule has 2 rings (SSSR count). The van der Waals surface area contributed by atoms with Crippen molar-refractivity contribution < 1.29 is 19.0 Å². The van der Waals surface area contributed by atoms with Crippen molar-refractivity contribution in [1.29, 1.82) is 0 Å². The summed E-state index contributed by atoms with van der Waals surface area (Å²) >= 11 is 6.26. The van der Waals surface area contributed by atoms with Crippen LogP contribution in [0.15, 0.2) is 22.8 Å². The summed E-state index contributed by atoms with van der Waals surface area (Å²) in [7, 11) is 1.54. The van der Waals surface area contributed by atoms with E-state index in [0.29, 0.717) is 34.6 Å². The Morgan fingerprint density at radius 1 is 1.41 bits per heavy atom. The predicted octanol–water partition coefficient (Wildman–Crippen LogP) is 3.84. The van der Waals surface area contributed by atoms with Crippen LogP contribution in [0.5, 0.6) is 11.5 Å². The number of hydrogen-bond acceptors (Lipinski definition) is 5. The molecule has 0 aromatic heterocycles. The van der Waals surface area contributed by atoms with Gasteiger partial charge in [-0.1, -0.05) is 24.9 Å². The molecule has 6 heteroatoms. The highest BCUT2D eigenvalue weighted by atomic mass is 35.5. The van der Waals surface area contributed by atoms with Crippen LogP contribution in [-0.4, -0.2) is 25.6 Å². The van der Waals surface area contributed by atoms with Crippen LogP contribution in [-0.2, 0) is 9.53 Å². The summed E-state index contributed by atoms with van der Waals surface area (Å²) in [5.41, 5.74) is 0.922. The first-order valence-electron chi connectivity index (χ1n) is 7.04. The van der Waals surface area contributed by atoms with E-state index in [9.17, 15) is 4.79 Å². The van der Waals surface area contributed by atoms with Crippen LogP contribution in [0, 0.1) is 0 Å². The van der Waals surface area contributed by atoms with Gasteiger partial charge < -0.3 is 14.2 Å². The van der Waals surface area contributed by atoms with E-state index in [1.165, 1.54) is 0 Å². The SMILES string of the molecule is CCCCOc1c(Cl)cc(C=C2N=C(C)OC2=O)cc1OC. The van der Waals surface area contributed by atoms with E-state index >= 15 is 0 Å². The Balaban J connectivity index is 2.30. The van der Waals surface area contributed by atoms with Gasteiger partial charge in [-0.2, -0.15) is 0 Å². The minimum absolute atomic E-state index is 0.232. The highest BCUT2D eigenvalue weighted by Gasteiger charge is 2.20. The summed E-state index contributed by atoms with van der Waals surface area (Å²) in [6.07, 6.45) is 3.57. The first-order valence-corrected chi connectivity index (χ1v) is 7.42. The van der Waals surface area contributed by atoms with E-state index in [4.69, 9.17) is 25.8 Å². The fourth-order valence-electron chi connectivity index (χ4n) is 1.96. The van der Waals surface area contributed by atoms with Crippen LogP contribution in [0.25, 0.3) is 6.08 Å². The van der Waals surface area contributed by atoms with E-state index in [1.807, 2.05) is 0 Å². The van der Waals surface area contributed by atoms with Gasteiger partial charge in [0, 0.05) is 6.92 Å². The topological polar surface area (TPSA) is 57.1 Å². The Bertz CT molecular complexity index is 637. The molecular weight excluding hydrogens is 306 g/mol. The standard InChI is InChI=1S/C16H18ClNO4/c1-4-5-6-21-15-12(17)7-11(9-14(15)20-3)8-13-16(19)22-10(2)18-13/h7-9H,4-6H2,1-3H3. The van der Waals surface area contributed by atoms with E-state index < -0.39 is 5.97 Å². The van der Waals surface area contributed by atoms with Crippen molar-refractivity contribution in [2.45, 2.75) is 26.7 Å². The summed E-state index contributed by atoms with van der Waals surface area (Å²) in [6.45, 7) is 4.28. The number of ether oxygens (including phenoxy) is 3. The van der Waals surface area contributed by atoms with E-state index in [2.05, 4.69) is 11.9 Å². The molecule has 118 valence electrons. The number of methoxy groups -OCH3 is 1. The van der Waals surface area contributed by atoms with E-state index in [1.54, 1.807) is 32.2 Å². The van der Waals surface area contributed by atoms with Crippen molar-refractivity contribution in [2.24, 2.45) is 4.99 Å². The molecule has 0 amide bonds. The number of benzene rings is 1. The maximum Gasteiger partial charge on any atom is 0.363 e. The Morgan fingerprint density at radius 2 is 2.18 bits per heavy atom. The Morgan fingerprint density at radius 3 is 2.77 bits per heavy atom.